The largest absolute Gasteiger partial charge is 0.391 e. The van der Waals surface area contributed by atoms with Crippen molar-refractivity contribution < 1.29 is 9.90 Å². The first-order valence-corrected chi connectivity index (χ1v) is 7.69. The number of hydrogen-bond donors (Lipinski definition) is 2. The predicted octanol–water partition coefficient (Wildman–Crippen LogP) is 1.43. The third kappa shape index (κ3) is 3.40. The molecule has 0 spiro atoms. The predicted molar refractivity (Wildman–Crippen MR) is 80.6 cm³/mol. The number of aliphatic hydroxyl groups is 1. The normalized spacial score (nSPS) is 21.9. The van der Waals surface area contributed by atoms with E-state index in [4.69, 9.17) is 5.73 Å². The van der Waals surface area contributed by atoms with Gasteiger partial charge < -0.3 is 15.7 Å². The lowest BCUT2D eigenvalue weighted by atomic mass is 9.91. The van der Waals surface area contributed by atoms with Gasteiger partial charge in [-0.05, 0) is 25.0 Å². The highest BCUT2D eigenvalue weighted by Crippen LogP contribution is 2.25. The summed E-state index contributed by atoms with van der Waals surface area (Å²) in [5.41, 5.74) is 5.33. The summed E-state index contributed by atoms with van der Waals surface area (Å²) in [4.78, 5) is 15.6. The maximum atomic E-state index is 12.4. The van der Waals surface area contributed by atoms with Crippen molar-refractivity contribution in [2.45, 2.75) is 37.8 Å². The zero-order valence-electron chi connectivity index (χ0n) is 11.6. The summed E-state index contributed by atoms with van der Waals surface area (Å²) in [6.45, 7) is 0.315. The van der Waals surface area contributed by atoms with Gasteiger partial charge in [0.25, 0.3) is 5.91 Å². The summed E-state index contributed by atoms with van der Waals surface area (Å²) in [6, 6.07) is 3.56. The quantitative estimate of drug-likeness (QED) is 0.811. The molecule has 4 nitrogen and oxygen atoms in total. The molecule has 1 aliphatic rings. The smallest absolute Gasteiger partial charge is 0.264 e. The van der Waals surface area contributed by atoms with Crippen molar-refractivity contribution in [2.75, 3.05) is 13.6 Å². The zero-order chi connectivity index (χ0) is 14.5. The number of likely N-dealkylation sites (N-methyl/N-ethyl adjacent to an activating group) is 1. The van der Waals surface area contributed by atoms with Crippen LogP contribution < -0.4 is 5.73 Å². The Kier molecular flexibility index (Phi) is 5.18. The van der Waals surface area contributed by atoms with Gasteiger partial charge in [-0.3, -0.25) is 4.79 Å². The molecule has 1 aromatic heterocycles. The number of rotatable bonds is 2. The Morgan fingerprint density at radius 2 is 2.25 bits per heavy atom. The Balaban J connectivity index is 2.08. The van der Waals surface area contributed by atoms with Crippen LogP contribution in [0.15, 0.2) is 12.1 Å². The Morgan fingerprint density at radius 3 is 2.95 bits per heavy atom. The average Bonchev–Trinajstić information content (AvgIpc) is 2.93. The summed E-state index contributed by atoms with van der Waals surface area (Å²) in [5, 5.41) is 10.0. The lowest BCUT2D eigenvalue weighted by Gasteiger charge is -2.34. The molecule has 0 radical (unpaired) electrons. The standard InChI is InChI=1S/C15H20N2O2S/c1-17(12-6-2-3-7-13(12)18)15(19)14-9-8-11(20-14)5-4-10-16/h8-9,12-13,18H,2-3,6-7,10,16H2,1H3. The van der Waals surface area contributed by atoms with E-state index in [0.29, 0.717) is 11.4 Å². The average molecular weight is 292 g/mol. The lowest BCUT2D eigenvalue weighted by Crippen LogP contribution is -2.46. The van der Waals surface area contributed by atoms with E-state index in [1.807, 2.05) is 6.07 Å². The molecule has 20 heavy (non-hydrogen) atoms. The van der Waals surface area contributed by atoms with Crippen molar-refractivity contribution in [3.05, 3.63) is 21.9 Å². The molecule has 0 bridgehead atoms. The van der Waals surface area contributed by atoms with Crippen molar-refractivity contribution in [1.29, 1.82) is 0 Å². The van der Waals surface area contributed by atoms with E-state index in [1.54, 1.807) is 18.0 Å². The summed E-state index contributed by atoms with van der Waals surface area (Å²) in [7, 11) is 1.77. The number of carbonyl (C=O) groups is 1. The Hall–Kier alpha value is -1.35. The van der Waals surface area contributed by atoms with E-state index in [1.165, 1.54) is 11.3 Å². The highest BCUT2D eigenvalue weighted by atomic mass is 32.1. The van der Waals surface area contributed by atoms with Gasteiger partial charge in [0.1, 0.15) is 0 Å². The van der Waals surface area contributed by atoms with Crippen LogP contribution in [0.3, 0.4) is 0 Å². The fourth-order valence-electron chi connectivity index (χ4n) is 2.53. The van der Waals surface area contributed by atoms with Crippen molar-refractivity contribution in [3.63, 3.8) is 0 Å². The summed E-state index contributed by atoms with van der Waals surface area (Å²) in [5.74, 6) is 5.67. The van der Waals surface area contributed by atoms with Crippen molar-refractivity contribution in [3.8, 4) is 11.8 Å². The number of amides is 1. The van der Waals surface area contributed by atoms with Gasteiger partial charge in [0.05, 0.1) is 28.4 Å². The molecule has 0 aromatic carbocycles. The van der Waals surface area contributed by atoms with Crippen molar-refractivity contribution in [1.82, 2.24) is 4.90 Å². The van der Waals surface area contributed by atoms with Crippen LogP contribution in [-0.2, 0) is 0 Å². The minimum absolute atomic E-state index is 0.0400. The molecule has 2 atom stereocenters. The molecule has 1 amide bonds. The van der Waals surface area contributed by atoms with Crippen LogP contribution in [-0.4, -0.2) is 41.7 Å². The van der Waals surface area contributed by atoms with Crippen LogP contribution in [0.2, 0.25) is 0 Å². The SMILES string of the molecule is CN(C(=O)c1ccc(C#CCN)s1)C1CCCCC1O. The molecule has 1 aromatic rings. The van der Waals surface area contributed by atoms with E-state index in [9.17, 15) is 9.90 Å². The third-order valence-corrected chi connectivity index (χ3v) is 4.63. The highest BCUT2D eigenvalue weighted by Gasteiger charge is 2.30. The second-order valence-electron chi connectivity index (χ2n) is 5.01. The number of thiophene rings is 1. The summed E-state index contributed by atoms with van der Waals surface area (Å²) < 4.78 is 0. The molecule has 0 saturated heterocycles. The Bertz CT molecular complexity index is 529. The molecule has 2 unspecified atom stereocenters. The minimum atomic E-state index is -0.408. The van der Waals surface area contributed by atoms with Gasteiger partial charge in [0.15, 0.2) is 0 Å². The Labute approximate surface area is 123 Å². The maximum Gasteiger partial charge on any atom is 0.264 e. The first kappa shape index (κ1) is 15.0. The van der Waals surface area contributed by atoms with Gasteiger partial charge in [-0.2, -0.15) is 0 Å². The molecule has 3 N–H and O–H groups in total. The molecular formula is C15H20N2O2S. The molecular weight excluding hydrogens is 272 g/mol. The molecule has 1 fully saturated rings. The fourth-order valence-corrected chi connectivity index (χ4v) is 3.39. The van der Waals surface area contributed by atoms with E-state index in [-0.39, 0.29) is 11.9 Å². The number of nitrogens with zero attached hydrogens (tertiary/aromatic N) is 1. The van der Waals surface area contributed by atoms with E-state index in [0.717, 1.165) is 30.6 Å². The molecule has 1 saturated carbocycles. The lowest BCUT2D eigenvalue weighted by molar-refractivity contribution is 0.0271. The van der Waals surface area contributed by atoms with Crippen LogP contribution in [0.5, 0.6) is 0 Å². The topological polar surface area (TPSA) is 66.6 Å². The second kappa shape index (κ2) is 6.89. The van der Waals surface area contributed by atoms with Crippen LogP contribution in [0, 0.1) is 11.8 Å². The van der Waals surface area contributed by atoms with Gasteiger partial charge in [0.2, 0.25) is 0 Å². The fraction of sp³-hybridized carbons (Fsp3) is 0.533. The number of hydrogen-bond acceptors (Lipinski definition) is 4. The minimum Gasteiger partial charge on any atom is -0.391 e. The number of nitrogens with two attached hydrogens (primary N) is 1. The highest BCUT2D eigenvalue weighted by molar-refractivity contribution is 7.14. The van der Waals surface area contributed by atoms with Crippen LogP contribution in [0.25, 0.3) is 0 Å². The second-order valence-corrected chi connectivity index (χ2v) is 6.09. The van der Waals surface area contributed by atoms with Crippen LogP contribution >= 0.6 is 11.3 Å². The van der Waals surface area contributed by atoms with E-state index in [2.05, 4.69) is 11.8 Å². The first-order chi connectivity index (χ1) is 9.63. The van der Waals surface area contributed by atoms with Gasteiger partial charge >= 0.3 is 0 Å². The van der Waals surface area contributed by atoms with Crippen molar-refractivity contribution in [2.24, 2.45) is 5.73 Å². The van der Waals surface area contributed by atoms with E-state index < -0.39 is 6.10 Å². The number of aliphatic hydroxyl groups excluding tert-OH is 1. The van der Waals surface area contributed by atoms with Gasteiger partial charge in [-0.15, -0.1) is 11.3 Å². The monoisotopic (exact) mass is 292 g/mol. The van der Waals surface area contributed by atoms with Gasteiger partial charge in [-0.1, -0.05) is 24.7 Å². The molecule has 0 aliphatic heterocycles. The molecule has 1 aliphatic carbocycles. The van der Waals surface area contributed by atoms with Crippen LogP contribution in [0.1, 0.15) is 40.2 Å². The first-order valence-electron chi connectivity index (χ1n) is 6.87. The third-order valence-electron chi connectivity index (χ3n) is 3.64. The van der Waals surface area contributed by atoms with E-state index >= 15 is 0 Å². The zero-order valence-corrected chi connectivity index (χ0v) is 12.4. The van der Waals surface area contributed by atoms with Crippen molar-refractivity contribution >= 4 is 17.2 Å². The molecule has 1 heterocycles. The molecule has 5 heteroatoms. The summed E-state index contributed by atoms with van der Waals surface area (Å²) in [6.07, 6.45) is 3.34. The van der Waals surface area contributed by atoms with Gasteiger partial charge in [-0.25, -0.2) is 0 Å². The molecule has 2 rings (SSSR count). The Morgan fingerprint density at radius 1 is 1.50 bits per heavy atom. The van der Waals surface area contributed by atoms with Crippen LogP contribution in [0.4, 0.5) is 0 Å². The summed E-state index contributed by atoms with van der Waals surface area (Å²) >= 11 is 1.37. The maximum absolute atomic E-state index is 12.4. The number of carbonyl (C=O) groups excluding carboxylic acids is 1. The van der Waals surface area contributed by atoms with Gasteiger partial charge in [0, 0.05) is 7.05 Å². The molecule has 108 valence electrons.